The summed E-state index contributed by atoms with van der Waals surface area (Å²) in [6, 6.07) is 40.9. The van der Waals surface area contributed by atoms with E-state index in [1.54, 1.807) is 5.56 Å². The van der Waals surface area contributed by atoms with Gasteiger partial charge in [-0.25, -0.2) is 0 Å². The number of aryl methyl sites for hydroxylation is 2. The molecule has 0 bridgehead atoms. The van der Waals surface area contributed by atoms with Crippen molar-refractivity contribution in [3.05, 3.63) is 137 Å². The molecule has 7 aromatic rings. The number of anilines is 5. The van der Waals surface area contributed by atoms with Crippen LogP contribution in [-0.2, 0) is 21.7 Å². The lowest BCUT2D eigenvalue weighted by Crippen LogP contribution is -2.64. The predicted molar refractivity (Wildman–Crippen MR) is 268 cm³/mol. The summed E-state index contributed by atoms with van der Waals surface area (Å²) in [6.07, 6.45) is 4.89. The van der Waals surface area contributed by atoms with E-state index in [-0.39, 0.29) is 33.9 Å². The Labute approximate surface area is 371 Å². The van der Waals surface area contributed by atoms with E-state index in [4.69, 9.17) is 0 Å². The van der Waals surface area contributed by atoms with E-state index < -0.39 is 0 Å². The number of para-hydroxylation sites is 2. The lowest BCUT2D eigenvalue weighted by Gasteiger charge is -2.52. The van der Waals surface area contributed by atoms with Gasteiger partial charge in [0.15, 0.2) is 0 Å². The fourth-order valence-electron chi connectivity index (χ4n) is 12.4. The van der Waals surface area contributed by atoms with Crippen molar-refractivity contribution in [3.63, 3.8) is 0 Å². The quantitative estimate of drug-likeness (QED) is 0.165. The number of aromatic nitrogens is 1. The Morgan fingerprint density at radius 3 is 1.77 bits per heavy atom. The van der Waals surface area contributed by atoms with Crippen LogP contribution in [0.4, 0.5) is 28.4 Å². The van der Waals surface area contributed by atoms with E-state index in [1.807, 2.05) is 0 Å². The summed E-state index contributed by atoms with van der Waals surface area (Å²) in [5.41, 5.74) is 23.2. The first-order valence-electron chi connectivity index (χ1n) is 23.4. The van der Waals surface area contributed by atoms with Gasteiger partial charge in [-0.2, -0.15) is 0 Å². The molecule has 4 aliphatic rings. The molecule has 2 unspecified atom stereocenters. The first-order chi connectivity index (χ1) is 29.2. The minimum atomic E-state index is -0.0877. The molecule has 4 heteroatoms. The van der Waals surface area contributed by atoms with Gasteiger partial charge in [-0.1, -0.05) is 143 Å². The zero-order valence-corrected chi connectivity index (χ0v) is 39.6. The largest absolute Gasteiger partial charge is 0.335 e. The Kier molecular flexibility index (Phi) is 8.12. The fourth-order valence-corrected chi connectivity index (χ4v) is 12.4. The summed E-state index contributed by atoms with van der Waals surface area (Å²) < 4.78 is 2.70. The monoisotopic (exact) mass is 814 g/mol. The van der Waals surface area contributed by atoms with Crippen LogP contribution < -0.4 is 26.2 Å². The molecule has 0 radical (unpaired) electrons. The van der Waals surface area contributed by atoms with E-state index in [0.717, 1.165) is 0 Å². The normalized spacial score (nSPS) is 20.1. The van der Waals surface area contributed by atoms with Gasteiger partial charge in [-0.15, -0.1) is 0 Å². The third-order valence-corrected chi connectivity index (χ3v) is 16.2. The standard InChI is InChI=1S/C58H64BN3/c1-35-20-14-16-22-46(35)60(47-23-17-15-21-36(47)2)40-33-49-51-50(34-40)62-53-43(57(12)26-18-19-27-58(57,62)13)30-39(56(9,10)11)32-45(53)59(51)44-31-38(55(6,7)8)29-42-41-28-37(54(3,4)5)24-25-48(41)61(49)52(42)44/h14-17,20-25,28-34H,18-19,26-27H2,1-13H3. The van der Waals surface area contributed by atoms with Crippen LogP contribution in [-0.4, -0.2) is 16.8 Å². The molecular formula is C58H64BN3. The highest BCUT2D eigenvalue weighted by molar-refractivity contribution is 7.00. The lowest BCUT2D eigenvalue weighted by molar-refractivity contribution is 0.195. The third kappa shape index (κ3) is 5.25. The van der Waals surface area contributed by atoms with Crippen molar-refractivity contribution in [1.29, 1.82) is 0 Å². The minimum absolute atomic E-state index is 0.00440. The second kappa shape index (κ2) is 12.7. The molecule has 2 atom stereocenters. The second-order valence-corrected chi connectivity index (χ2v) is 23.1. The van der Waals surface area contributed by atoms with Gasteiger partial charge < -0.3 is 14.4 Å². The average molecular weight is 814 g/mol. The first-order valence-corrected chi connectivity index (χ1v) is 23.4. The van der Waals surface area contributed by atoms with Crippen molar-refractivity contribution >= 4 is 73.3 Å². The molecule has 3 nitrogen and oxygen atoms in total. The molecule has 1 fully saturated rings. The molecule has 6 aromatic carbocycles. The summed E-state index contributed by atoms with van der Waals surface area (Å²) in [4.78, 5) is 5.47. The number of nitrogens with zero attached hydrogens (tertiary/aromatic N) is 3. The Morgan fingerprint density at radius 1 is 0.581 bits per heavy atom. The number of rotatable bonds is 3. The number of benzene rings is 6. The molecular weight excluding hydrogens is 749 g/mol. The summed E-state index contributed by atoms with van der Waals surface area (Å²) >= 11 is 0. The van der Waals surface area contributed by atoms with Crippen molar-refractivity contribution in [2.75, 3.05) is 9.80 Å². The molecule has 0 saturated heterocycles. The zero-order chi connectivity index (χ0) is 43.6. The molecule has 314 valence electrons. The van der Waals surface area contributed by atoms with E-state index in [1.165, 1.54) is 126 Å². The second-order valence-electron chi connectivity index (χ2n) is 23.1. The molecule has 1 aromatic heterocycles. The molecule has 4 heterocycles. The molecule has 1 aliphatic carbocycles. The summed E-state index contributed by atoms with van der Waals surface area (Å²) in [5.74, 6) is 0. The maximum atomic E-state index is 2.91. The van der Waals surface area contributed by atoms with Crippen LogP contribution in [0.15, 0.2) is 103 Å². The van der Waals surface area contributed by atoms with Crippen molar-refractivity contribution in [1.82, 2.24) is 4.57 Å². The minimum Gasteiger partial charge on any atom is -0.335 e. The van der Waals surface area contributed by atoms with Gasteiger partial charge in [0.05, 0.1) is 16.7 Å². The van der Waals surface area contributed by atoms with Crippen molar-refractivity contribution in [2.45, 2.75) is 143 Å². The summed E-state index contributed by atoms with van der Waals surface area (Å²) in [7, 11) is 0. The molecule has 11 rings (SSSR count). The highest BCUT2D eigenvalue weighted by Gasteiger charge is 2.61. The summed E-state index contributed by atoms with van der Waals surface area (Å²) in [5, 5.41) is 2.73. The maximum absolute atomic E-state index is 2.91. The van der Waals surface area contributed by atoms with Crippen LogP contribution in [0.5, 0.6) is 0 Å². The van der Waals surface area contributed by atoms with E-state index >= 15 is 0 Å². The highest BCUT2D eigenvalue weighted by Crippen LogP contribution is 2.62. The number of fused-ring (bicyclic) bond motifs is 10. The number of hydrogen-bond donors (Lipinski definition) is 0. The van der Waals surface area contributed by atoms with Crippen molar-refractivity contribution < 1.29 is 0 Å². The number of hydrogen-bond acceptors (Lipinski definition) is 2. The van der Waals surface area contributed by atoms with Crippen LogP contribution >= 0.6 is 0 Å². The van der Waals surface area contributed by atoms with Gasteiger partial charge >= 0.3 is 0 Å². The van der Waals surface area contributed by atoms with Gasteiger partial charge in [-0.05, 0) is 142 Å². The topological polar surface area (TPSA) is 11.4 Å². The molecule has 0 amide bonds. The van der Waals surface area contributed by atoms with Crippen molar-refractivity contribution in [3.8, 4) is 5.69 Å². The fraction of sp³-hybridized carbons (Fsp3) is 0.379. The Balaban J connectivity index is 1.36. The van der Waals surface area contributed by atoms with E-state index in [0.29, 0.717) is 0 Å². The molecule has 0 N–H and O–H groups in total. The first kappa shape index (κ1) is 39.6. The van der Waals surface area contributed by atoms with Gasteiger partial charge in [0, 0.05) is 50.1 Å². The SMILES string of the molecule is Cc1ccccc1N(c1cc2c3c(c1)-n1c4ccc(C(C)(C)C)cc4c4cc(C(C)(C)C)cc(c41)B3c1cc(C(C)(C)C)cc3c1N2C1(C)CCCCC31C)c1ccccc1C. The van der Waals surface area contributed by atoms with Gasteiger partial charge in [0.2, 0.25) is 0 Å². The Morgan fingerprint density at radius 2 is 1.15 bits per heavy atom. The third-order valence-electron chi connectivity index (χ3n) is 16.2. The van der Waals surface area contributed by atoms with E-state index in [9.17, 15) is 0 Å². The van der Waals surface area contributed by atoms with Crippen molar-refractivity contribution in [2.24, 2.45) is 0 Å². The maximum Gasteiger partial charge on any atom is 0.252 e. The highest BCUT2D eigenvalue weighted by atomic mass is 15.3. The van der Waals surface area contributed by atoms with Gasteiger partial charge in [-0.3, -0.25) is 0 Å². The molecule has 0 spiro atoms. The molecule has 3 aliphatic heterocycles. The Hall–Kier alpha value is -5.22. The van der Waals surface area contributed by atoms with Gasteiger partial charge in [0.1, 0.15) is 0 Å². The summed E-state index contributed by atoms with van der Waals surface area (Å²) in [6.45, 7) is 31.4. The Bertz CT molecular complexity index is 3010. The molecule has 62 heavy (non-hydrogen) atoms. The smallest absolute Gasteiger partial charge is 0.252 e. The predicted octanol–water partition coefficient (Wildman–Crippen LogP) is 13.6. The van der Waals surface area contributed by atoms with Crippen LogP contribution in [0, 0.1) is 13.8 Å². The van der Waals surface area contributed by atoms with Crippen LogP contribution in [0.3, 0.4) is 0 Å². The lowest BCUT2D eigenvalue weighted by atomic mass is 9.33. The molecule has 1 saturated carbocycles. The average Bonchev–Trinajstić information content (AvgIpc) is 3.65. The zero-order valence-electron chi connectivity index (χ0n) is 39.6. The van der Waals surface area contributed by atoms with Crippen LogP contribution in [0.25, 0.3) is 27.5 Å². The van der Waals surface area contributed by atoms with Crippen LogP contribution in [0.2, 0.25) is 0 Å². The van der Waals surface area contributed by atoms with Gasteiger partial charge in [0.25, 0.3) is 6.71 Å². The van der Waals surface area contributed by atoms with Crippen LogP contribution in [0.1, 0.15) is 135 Å². The van der Waals surface area contributed by atoms with E-state index in [2.05, 4.69) is 208 Å².